The van der Waals surface area contributed by atoms with Crippen molar-refractivity contribution in [3.8, 4) is 0 Å². The summed E-state index contributed by atoms with van der Waals surface area (Å²) in [6.45, 7) is 6.59. The third-order valence-electron chi connectivity index (χ3n) is 13.3. The van der Waals surface area contributed by atoms with Gasteiger partial charge < -0.3 is 14.2 Å². The Bertz CT molecular complexity index is 1140. The van der Waals surface area contributed by atoms with Crippen molar-refractivity contribution in [3.63, 3.8) is 0 Å². The summed E-state index contributed by atoms with van der Waals surface area (Å²) in [7, 11) is 0. The lowest BCUT2D eigenvalue weighted by Gasteiger charge is -2.18. The summed E-state index contributed by atoms with van der Waals surface area (Å²) in [4.78, 5) is 38.1. The van der Waals surface area contributed by atoms with Gasteiger partial charge in [0, 0.05) is 19.3 Å². The van der Waals surface area contributed by atoms with Gasteiger partial charge in [-0.05, 0) is 70.6 Å². The quantitative estimate of drug-likeness (QED) is 0.0262. The number of hydrogen-bond acceptors (Lipinski definition) is 6. The van der Waals surface area contributed by atoms with Crippen molar-refractivity contribution in [2.24, 2.45) is 0 Å². The molecule has 0 bridgehead atoms. The molecule has 0 aromatic rings. The van der Waals surface area contributed by atoms with Crippen LogP contribution in [0, 0.1) is 0 Å². The van der Waals surface area contributed by atoms with Crippen LogP contribution < -0.4 is 0 Å². The monoisotopic (exact) mass is 955 g/mol. The standard InChI is InChI=1S/C62H114O6/c1-4-7-10-13-16-19-22-25-27-28-29-30-31-32-33-34-35-38-40-43-46-49-52-55-61(64)67-58-59(57-66-60(63)54-51-48-45-42-39-36-24-21-18-15-12-9-6-3)68-62(65)56-53-50-47-44-41-37-26-23-20-17-14-11-8-5-2/h12,15,21,23-24,26,59H,4-11,13-14,16-20,22,25,27-58H2,1-3H3/b15-12-,24-21-,26-23-. The van der Waals surface area contributed by atoms with Crippen LogP contribution in [0.3, 0.4) is 0 Å². The minimum atomic E-state index is -0.779. The Morgan fingerprint density at radius 1 is 0.294 bits per heavy atom. The SMILES string of the molecule is CCC/C=C\C/C=C\CCCCCCCC(=O)OCC(COC(=O)CCCCCCCCCCCCCCCCCCCCCCCCC)OC(=O)CCCCCCC/C=C\CCCCCCC. The smallest absolute Gasteiger partial charge is 0.306 e. The maximum absolute atomic E-state index is 12.8. The highest BCUT2D eigenvalue weighted by molar-refractivity contribution is 5.71. The van der Waals surface area contributed by atoms with E-state index < -0.39 is 6.10 Å². The average Bonchev–Trinajstić information content (AvgIpc) is 3.34. The van der Waals surface area contributed by atoms with Crippen LogP contribution >= 0.6 is 0 Å². The Hall–Kier alpha value is -2.37. The molecule has 0 aliphatic heterocycles. The Morgan fingerprint density at radius 3 is 0.882 bits per heavy atom. The fourth-order valence-electron chi connectivity index (χ4n) is 8.83. The van der Waals surface area contributed by atoms with Gasteiger partial charge >= 0.3 is 17.9 Å². The fourth-order valence-corrected chi connectivity index (χ4v) is 8.83. The van der Waals surface area contributed by atoms with Gasteiger partial charge in [-0.25, -0.2) is 0 Å². The Labute approximate surface area is 423 Å². The molecular weight excluding hydrogens is 841 g/mol. The van der Waals surface area contributed by atoms with Gasteiger partial charge in [-0.3, -0.25) is 14.4 Å². The van der Waals surface area contributed by atoms with Crippen molar-refractivity contribution in [2.75, 3.05) is 13.2 Å². The second kappa shape index (κ2) is 57.2. The van der Waals surface area contributed by atoms with Crippen molar-refractivity contribution in [3.05, 3.63) is 36.5 Å². The molecule has 1 atom stereocenters. The normalized spacial score (nSPS) is 12.2. The number of allylic oxidation sites excluding steroid dienone is 6. The highest BCUT2D eigenvalue weighted by Gasteiger charge is 2.19. The number of hydrogen-bond donors (Lipinski definition) is 0. The number of ether oxygens (including phenoxy) is 3. The number of rotatable bonds is 55. The van der Waals surface area contributed by atoms with E-state index in [1.165, 1.54) is 193 Å². The van der Waals surface area contributed by atoms with Crippen molar-refractivity contribution in [1.29, 1.82) is 0 Å². The van der Waals surface area contributed by atoms with E-state index in [0.29, 0.717) is 19.3 Å². The molecule has 0 N–H and O–H groups in total. The van der Waals surface area contributed by atoms with Crippen molar-refractivity contribution < 1.29 is 28.6 Å². The average molecular weight is 956 g/mol. The predicted octanol–water partition coefficient (Wildman–Crippen LogP) is 20.0. The van der Waals surface area contributed by atoms with Gasteiger partial charge in [0.2, 0.25) is 0 Å². The molecule has 0 aromatic carbocycles. The largest absolute Gasteiger partial charge is 0.462 e. The molecule has 0 radical (unpaired) electrons. The molecule has 0 aliphatic rings. The van der Waals surface area contributed by atoms with E-state index in [1.54, 1.807) is 0 Å². The molecule has 0 aromatic heterocycles. The zero-order valence-corrected chi connectivity index (χ0v) is 45.6. The van der Waals surface area contributed by atoms with Gasteiger partial charge in [0.05, 0.1) is 0 Å². The molecule has 0 amide bonds. The number of carbonyl (C=O) groups is 3. The summed E-state index contributed by atoms with van der Waals surface area (Å²) >= 11 is 0. The molecule has 0 heterocycles. The summed E-state index contributed by atoms with van der Waals surface area (Å²) in [5.74, 6) is -0.883. The first-order chi connectivity index (χ1) is 33.5. The van der Waals surface area contributed by atoms with Crippen LogP contribution in [0.25, 0.3) is 0 Å². The van der Waals surface area contributed by atoms with Crippen LogP contribution in [-0.4, -0.2) is 37.2 Å². The molecule has 0 aliphatic carbocycles. The Morgan fingerprint density at radius 2 is 0.559 bits per heavy atom. The highest BCUT2D eigenvalue weighted by Crippen LogP contribution is 2.17. The minimum Gasteiger partial charge on any atom is -0.462 e. The zero-order chi connectivity index (χ0) is 49.3. The minimum absolute atomic E-state index is 0.0764. The third-order valence-corrected chi connectivity index (χ3v) is 13.3. The molecule has 1 unspecified atom stereocenters. The first-order valence-corrected chi connectivity index (χ1v) is 30.0. The van der Waals surface area contributed by atoms with Crippen LogP contribution in [0.1, 0.15) is 323 Å². The third kappa shape index (κ3) is 54.6. The van der Waals surface area contributed by atoms with Crippen LogP contribution in [-0.2, 0) is 28.6 Å². The van der Waals surface area contributed by atoms with Gasteiger partial charge in [-0.15, -0.1) is 0 Å². The van der Waals surface area contributed by atoms with Crippen LogP contribution in [0.15, 0.2) is 36.5 Å². The molecule has 0 saturated carbocycles. The number of unbranched alkanes of at least 4 members (excludes halogenated alkanes) is 38. The lowest BCUT2D eigenvalue weighted by molar-refractivity contribution is -0.167. The van der Waals surface area contributed by atoms with Crippen molar-refractivity contribution in [1.82, 2.24) is 0 Å². The molecule has 0 spiro atoms. The van der Waals surface area contributed by atoms with E-state index in [1.807, 2.05) is 0 Å². The van der Waals surface area contributed by atoms with Crippen LogP contribution in [0.2, 0.25) is 0 Å². The second-order valence-electron chi connectivity index (χ2n) is 20.3. The van der Waals surface area contributed by atoms with E-state index in [9.17, 15) is 14.4 Å². The zero-order valence-electron chi connectivity index (χ0n) is 45.6. The first kappa shape index (κ1) is 65.6. The second-order valence-corrected chi connectivity index (χ2v) is 20.3. The summed E-state index contributed by atoms with van der Waals surface area (Å²) in [5.41, 5.74) is 0. The first-order valence-electron chi connectivity index (χ1n) is 30.0. The maximum atomic E-state index is 12.8. The van der Waals surface area contributed by atoms with E-state index in [2.05, 4.69) is 57.2 Å². The number of esters is 3. The predicted molar refractivity (Wildman–Crippen MR) is 293 cm³/mol. The molecule has 398 valence electrons. The topological polar surface area (TPSA) is 78.9 Å². The van der Waals surface area contributed by atoms with Gasteiger partial charge in [0.15, 0.2) is 6.10 Å². The van der Waals surface area contributed by atoms with E-state index in [4.69, 9.17) is 14.2 Å². The molecule has 6 nitrogen and oxygen atoms in total. The maximum Gasteiger partial charge on any atom is 0.306 e. The number of carbonyl (C=O) groups excluding carboxylic acids is 3. The van der Waals surface area contributed by atoms with E-state index in [-0.39, 0.29) is 31.1 Å². The van der Waals surface area contributed by atoms with Gasteiger partial charge in [-0.2, -0.15) is 0 Å². The van der Waals surface area contributed by atoms with Crippen LogP contribution in [0.5, 0.6) is 0 Å². The summed E-state index contributed by atoms with van der Waals surface area (Å²) < 4.78 is 16.9. The van der Waals surface area contributed by atoms with Crippen molar-refractivity contribution in [2.45, 2.75) is 329 Å². The molecule has 0 fully saturated rings. The van der Waals surface area contributed by atoms with Gasteiger partial charge in [0.1, 0.15) is 13.2 Å². The van der Waals surface area contributed by atoms with E-state index >= 15 is 0 Å². The summed E-state index contributed by atoms with van der Waals surface area (Å²) in [6, 6.07) is 0. The summed E-state index contributed by atoms with van der Waals surface area (Å²) in [6.07, 6.45) is 68.6. The molecule has 0 rings (SSSR count). The molecule has 6 heteroatoms. The fraction of sp³-hybridized carbons (Fsp3) is 0.855. The lowest BCUT2D eigenvalue weighted by Crippen LogP contribution is -2.30. The molecule has 68 heavy (non-hydrogen) atoms. The van der Waals surface area contributed by atoms with Crippen molar-refractivity contribution >= 4 is 17.9 Å². The van der Waals surface area contributed by atoms with Crippen LogP contribution in [0.4, 0.5) is 0 Å². The van der Waals surface area contributed by atoms with Gasteiger partial charge in [-0.1, -0.05) is 269 Å². The molecular formula is C62H114O6. The Kier molecular flexibility index (Phi) is 55.2. The van der Waals surface area contributed by atoms with Gasteiger partial charge in [0.25, 0.3) is 0 Å². The van der Waals surface area contributed by atoms with E-state index in [0.717, 1.165) is 89.9 Å². The summed E-state index contributed by atoms with van der Waals surface area (Å²) in [5, 5.41) is 0. The molecule has 0 saturated heterocycles. The highest BCUT2D eigenvalue weighted by atomic mass is 16.6. The Balaban J connectivity index is 4.25. The lowest BCUT2D eigenvalue weighted by atomic mass is 10.0.